The Morgan fingerprint density at radius 1 is 1.14 bits per heavy atom. The van der Waals surface area contributed by atoms with Gasteiger partial charge in [-0.05, 0) is 42.5 Å². The molecule has 1 heterocycles. The van der Waals surface area contributed by atoms with E-state index in [4.69, 9.17) is 14.2 Å². The first kappa shape index (κ1) is 20.1. The predicted molar refractivity (Wildman–Crippen MR) is 107 cm³/mol. The lowest BCUT2D eigenvalue weighted by molar-refractivity contribution is -0.157. The number of carboxylic acids is 1. The minimum atomic E-state index is -1.14. The number of rotatable bonds is 9. The average molecular weight is 384 g/mol. The van der Waals surface area contributed by atoms with Crippen LogP contribution in [0.15, 0.2) is 42.5 Å². The van der Waals surface area contributed by atoms with Crippen molar-refractivity contribution in [2.75, 3.05) is 13.2 Å². The second-order valence-electron chi connectivity index (χ2n) is 7.08. The molecule has 2 aromatic rings. The van der Waals surface area contributed by atoms with Crippen LogP contribution in [0.4, 0.5) is 0 Å². The third-order valence-electron chi connectivity index (χ3n) is 5.20. The van der Waals surface area contributed by atoms with E-state index in [1.165, 1.54) is 5.56 Å². The van der Waals surface area contributed by atoms with Crippen LogP contribution in [-0.2, 0) is 17.6 Å². The maximum absolute atomic E-state index is 11.6. The molecule has 0 aliphatic carbocycles. The van der Waals surface area contributed by atoms with Gasteiger partial charge in [0.25, 0.3) is 0 Å². The molecule has 5 heteroatoms. The molecule has 0 spiro atoms. The van der Waals surface area contributed by atoms with Crippen molar-refractivity contribution in [1.82, 2.24) is 0 Å². The van der Waals surface area contributed by atoms with Crippen LogP contribution in [0.3, 0.4) is 0 Å². The highest BCUT2D eigenvalue weighted by Crippen LogP contribution is 2.37. The van der Waals surface area contributed by atoms with Gasteiger partial charge >= 0.3 is 5.97 Å². The standard InChI is InChI=1S/C23H28O5/c1-3-7-17-8-5-6-9-20(17)27-15-14-26-19-11-10-18-12-13-23(4-2,22(24)25)28-21(18)16-19/h5-6,8-11,16H,3-4,7,12-15H2,1-2H3,(H,24,25). The summed E-state index contributed by atoms with van der Waals surface area (Å²) < 4.78 is 17.6. The summed E-state index contributed by atoms with van der Waals surface area (Å²) in [6, 6.07) is 13.7. The molecule has 1 aliphatic heterocycles. The summed E-state index contributed by atoms with van der Waals surface area (Å²) in [7, 11) is 0. The van der Waals surface area contributed by atoms with Gasteiger partial charge in [0.05, 0.1) is 0 Å². The Balaban J connectivity index is 1.58. The van der Waals surface area contributed by atoms with Crippen LogP contribution in [-0.4, -0.2) is 29.9 Å². The lowest BCUT2D eigenvalue weighted by Gasteiger charge is -2.34. The number of carbonyl (C=O) groups is 1. The van der Waals surface area contributed by atoms with Gasteiger partial charge in [-0.15, -0.1) is 0 Å². The van der Waals surface area contributed by atoms with Crippen molar-refractivity contribution in [3.05, 3.63) is 53.6 Å². The van der Waals surface area contributed by atoms with Crippen LogP contribution in [0.5, 0.6) is 17.2 Å². The number of aliphatic carboxylic acids is 1. The Bertz CT molecular complexity index is 816. The van der Waals surface area contributed by atoms with Gasteiger partial charge in [0.2, 0.25) is 5.60 Å². The summed E-state index contributed by atoms with van der Waals surface area (Å²) in [5.74, 6) is 1.24. The molecule has 150 valence electrons. The fourth-order valence-electron chi connectivity index (χ4n) is 3.51. The van der Waals surface area contributed by atoms with Crippen molar-refractivity contribution in [2.24, 2.45) is 0 Å². The zero-order chi connectivity index (χ0) is 20.0. The molecule has 0 aromatic heterocycles. The van der Waals surface area contributed by atoms with E-state index >= 15 is 0 Å². The van der Waals surface area contributed by atoms with E-state index in [1.54, 1.807) is 6.07 Å². The van der Waals surface area contributed by atoms with Gasteiger partial charge in [-0.25, -0.2) is 4.79 Å². The molecule has 28 heavy (non-hydrogen) atoms. The number of hydrogen-bond acceptors (Lipinski definition) is 4. The van der Waals surface area contributed by atoms with Gasteiger partial charge in [-0.3, -0.25) is 0 Å². The summed E-state index contributed by atoms with van der Waals surface area (Å²) in [6.07, 6.45) is 3.66. The third-order valence-corrected chi connectivity index (χ3v) is 5.20. The first-order valence-corrected chi connectivity index (χ1v) is 9.97. The van der Waals surface area contributed by atoms with Crippen LogP contribution in [0.25, 0.3) is 0 Å². The molecule has 1 atom stereocenters. The zero-order valence-corrected chi connectivity index (χ0v) is 16.6. The number of benzene rings is 2. The number of carboxylic acid groups (broad SMARTS) is 1. The van der Waals surface area contributed by atoms with Gasteiger partial charge in [-0.1, -0.05) is 44.5 Å². The van der Waals surface area contributed by atoms with Crippen LogP contribution in [0, 0.1) is 0 Å². The van der Waals surface area contributed by atoms with Crippen LogP contribution < -0.4 is 14.2 Å². The smallest absolute Gasteiger partial charge is 0.348 e. The van der Waals surface area contributed by atoms with E-state index < -0.39 is 11.6 Å². The Labute approximate surface area is 166 Å². The largest absolute Gasteiger partial charge is 0.490 e. The van der Waals surface area contributed by atoms with Gasteiger partial charge < -0.3 is 19.3 Å². The van der Waals surface area contributed by atoms with Crippen LogP contribution in [0.1, 0.15) is 44.2 Å². The summed E-state index contributed by atoms with van der Waals surface area (Å²) in [4.78, 5) is 11.6. The topological polar surface area (TPSA) is 65.0 Å². The first-order valence-electron chi connectivity index (χ1n) is 9.97. The second kappa shape index (κ2) is 9.00. The fourth-order valence-corrected chi connectivity index (χ4v) is 3.51. The van der Waals surface area contributed by atoms with E-state index in [-0.39, 0.29) is 0 Å². The molecule has 2 aromatic carbocycles. The second-order valence-corrected chi connectivity index (χ2v) is 7.08. The molecule has 0 fully saturated rings. The maximum atomic E-state index is 11.6. The molecule has 0 saturated heterocycles. The number of hydrogen-bond donors (Lipinski definition) is 1. The molecule has 0 saturated carbocycles. The van der Waals surface area contributed by atoms with E-state index in [1.807, 2.05) is 37.3 Å². The van der Waals surface area contributed by atoms with Gasteiger partial charge in [-0.2, -0.15) is 0 Å². The summed E-state index contributed by atoms with van der Waals surface area (Å²) >= 11 is 0. The van der Waals surface area contributed by atoms with E-state index in [0.717, 1.165) is 24.2 Å². The van der Waals surface area contributed by atoms with Gasteiger partial charge in [0.1, 0.15) is 30.5 Å². The highest BCUT2D eigenvalue weighted by atomic mass is 16.5. The number of ether oxygens (including phenoxy) is 3. The SMILES string of the molecule is CCCc1ccccc1OCCOc1ccc2c(c1)OC(CC)(C(=O)O)CC2. The molecule has 3 rings (SSSR count). The highest BCUT2D eigenvalue weighted by Gasteiger charge is 2.42. The minimum Gasteiger partial charge on any atom is -0.490 e. The van der Waals surface area contributed by atoms with Crippen molar-refractivity contribution < 1.29 is 24.1 Å². The maximum Gasteiger partial charge on any atom is 0.348 e. The molecular weight excluding hydrogens is 356 g/mol. The molecule has 1 unspecified atom stereocenters. The minimum absolute atomic E-state index is 0.400. The first-order chi connectivity index (χ1) is 13.6. The van der Waals surface area contributed by atoms with Crippen molar-refractivity contribution in [3.63, 3.8) is 0 Å². The van der Waals surface area contributed by atoms with E-state index in [2.05, 4.69) is 13.0 Å². The quantitative estimate of drug-likeness (QED) is 0.637. The number of fused-ring (bicyclic) bond motifs is 1. The molecule has 1 aliphatic rings. The molecule has 0 bridgehead atoms. The number of aryl methyl sites for hydroxylation is 2. The normalized spacial score (nSPS) is 18.1. The Morgan fingerprint density at radius 2 is 1.93 bits per heavy atom. The summed E-state index contributed by atoms with van der Waals surface area (Å²) in [5.41, 5.74) is 1.08. The van der Waals surface area contributed by atoms with Crippen molar-refractivity contribution >= 4 is 5.97 Å². The molecule has 0 amide bonds. The van der Waals surface area contributed by atoms with E-state index in [0.29, 0.717) is 44.0 Å². The van der Waals surface area contributed by atoms with Crippen molar-refractivity contribution in [2.45, 2.75) is 51.6 Å². The fraction of sp³-hybridized carbons (Fsp3) is 0.435. The summed E-state index contributed by atoms with van der Waals surface area (Å²) in [6.45, 7) is 4.83. The number of para-hydroxylation sites is 1. The highest BCUT2D eigenvalue weighted by molar-refractivity contribution is 5.78. The molecule has 1 N–H and O–H groups in total. The van der Waals surface area contributed by atoms with Gasteiger partial charge in [0.15, 0.2) is 0 Å². The Morgan fingerprint density at radius 3 is 2.68 bits per heavy atom. The average Bonchev–Trinajstić information content (AvgIpc) is 2.71. The molecular formula is C23H28O5. The predicted octanol–water partition coefficient (Wildman–Crippen LogP) is 4.66. The molecule has 5 nitrogen and oxygen atoms in total. The lowest BCUT2D eigenvalue weighted by Crippen LogP contribution is -2.46. The van der Waals surface area contributed by atoms with Crippen molar-refractivity contribution in [1.29, 1.82) is 0 Å². The Kier molecular flexibility index (Phi) is 6.45. The zero-order valence-electron chi connectivity index (χ0n) is 16.6. The van der Waals surface area contributed by atoms with E-state index in [9.17, 15) is 9.90 Å². The van der Waals surface area contributed by atoms with Crippen LogP contribution in [0.2, 0.25) is 0 Å². The lowest BCUT2D eigenvalue weighted by atomic mass is 9.89. The third kappa shape index (κ3) is 4.41. The summed E-state index contributed by atoms with van der Waals surface area (Å²) in [5, 5.41) is 9.55. The molecule has 0 radical (unpaired) electrons. The van der Waals surface area contributed by atoms with Gasteiger partial charge in [0, 0.05) is 12.5 Å². The monoisotopic (exact) mass is 384 g/mol. The van der Waals surface area contributed by atoms with Crippen LogP contribution >= 0.6 is 0 Å². The van der Waals surface area contributed by atoms with Crippen molar-refractivity contribution in [3.8, 4) is 17.2 Å². The Hall–Kier alpha value is -2.69.